The third kappa shape index (κ3) is 60.9. The van der Waals surface area contributed by atoms with Crippen molar-refractivity contribution < 1.29 is 80.2 Å². The molecule has 3 N–H and O–H groups in total. The average molecular weight is 1270 g/mol. The summed E-state index contributed by atoms with van der Waals surface area (Å²) >= 11 is 0. The van der Waals surface area contributed by atoms with Crippen LogP contribution in [0.3, 0.4) is 0 Å². The zero-order chi connectivity index (χ0) is 63.3. The van der Waals surface area contributed by atoms with Gasteiger partial charge in [-0.05, 0) is 25.7 Å². The van der Waals surface area contributed by atoms with Crippen LogP contribution in [0.5, 0.6) is 0 Å². The van der Waals surface area contributed by atoms with Gasteiger partial charge in [-0.15, -0.1) is 0 Å². The van der Waals surface area contributed by atoms with E-state index in [9.17, 15) is 43.2 Å². The van der Waals surface area contributed by atoms with Crippen LogP contribution in [-0.2, 0) is 65.4 Å². The van der Waals surface area contributed by atoms with Gasteiger partial charge in [-0.25, -0.2) is 9.13 Å². The molecule has 2 unspecified atom stereocenters. The normalized spacial score (nSPS) is 14.1. The summed E-state index contributed by atoms with van der Waals surface area (Å²) < 4.78 is 67.9. The number of phosphoric ester groups is 2. The van der Waals surface area contributed by atoms with Crippen LogP contribution in [0.2, 0.25) is 0 Å². The number of ether oxygens (including phenoxy) is 4. The Morgan fingerprint density at radius 1 is 0.279 bits per heavy atom. The van der Waals surface area contributed by atoms with Crippen molar-refractivity contribution in [1.82, 2.24) is 0 Å². The highest BCUT2D eigenvalue weighted by molar-refractivity contribution is 7.47. The molecule has 0 heterocycles. The van der Waals surface area contributed by atoms with E-state index >= 15 is 0 Å². The van der Waals surface area contributed by atoms with Gasteiger partial charge in [0.1, 0.15) is 19.3 Å². The van der Waals surface area contributed by atoms with Gasteiger partial charge >= 0.3 is 39.5 Å². The maximum atomic E-state index is 13.0. The van der Waals surface area contributed by atoms with Crippen LogP contribution < -0.4 is 0 Å². The number of carbonyl (C=O) groups is 4. The van der Waals surface area contributed by atoms with Crippen LogP contribution in [-0.4, -0.2) is 96.7 Å². The summed E-state index contributed by atoms with van der Waals surface area (Å²) in [4.78, 5) is 72.0. The standard InChI is InChI=1S/C67H130O17P2/c1-5-9-13-17-20-23-25-27-29-30-31-33-35-37-39-42-46-50-54-67(72)84-63(58-78-65(70)52-48-44-41-38-36-34-32-28-26-24-21-18-14-10-6-2)60-82-86(75,76)80-56-61(68)55-79-85(73,74)81-59-62(57-77-64(69)51-47-43-16-12-8-4)83-66(71)53-49-45-40-22-19-15-11-7-3/h61-63,68H,5-60H2,1-4H3,(H,73,74)(H,75,76)/t61-,62+,63+/m0/s1. The Labute approximate surface area is 524 Å². The molecule has 5 atom stereocenters. The maximum absolute atomic E-state index is 13.0. The molecule has 19 heteroatoms. The maximum Gasteiger partial charge on any atom is 0.472 e. The average Bonchev–Trinajstić information content (AvgIpc) is 3.70. The summed E-state index contributed by atoms with van der Waals surface area (Å²) in [5.41, 5.74) is 0. The lowest BCUT2D eigenvalue weighted by molar-refractivity contribution is -0.161. The SMILES string of the molecule is CCCCCCCCCCCCCCCCCCCCC(=O)O[C@H](COC(=O)CCCCCCCCCCCCCCCCC)COP(=O)(O)OC[C@@H](O)COP(=O)(O)OC[C@@H](COC(=O)CCCCCCC)OC(=O)CCCCCCCCCC. The third-order valence-corrected chi connectivity index (χ3v) is 17.5. The van der Waals surface area contributed by atoms with E-state index in [1.807, 2.05) is 0 Å². The molecule has 510 valence electrons. The smallest absolute Gasteiger partial charge is 0.462 e. The molecule has 0 aromatic heterocycles. The fraction of sp³-hybridized carbons (Fsp3) is 0.940. The van der Waals surface area contributed by atoms with Gasteiger partial charge in [-0.2, -0.15) is 0 Å². The van der Waals surface area contributed by atoms with E-state index in [2.05, 4.69) is 27.7 Å². The van der Waals surface area contributed by atoms with Crippen LogP contribution >= 0.6 is 15.6 Å². The van der Waals surface area contributed by atoms with E-state index < -0.39 is 97.5 Å². The summed E-state index contributed by atoms with van der Waals surface area (Å²) in [6.45, 7) is 4.81. The summed E-state index contributed by atoms with van der Waals surface area (Å²) in [6, 6.07) is 0. The molecule has 0 saturated carbocycles. The lowest BCUT2D eigenvalue weighted by Crippen LogP contribution is -2.30. The molecular formula is C67H130O17P2. The van der Waals surface area contributed by atoms with Gasteiger partial charge in [0, 0.05) is 25.7 Å². The largest absolute Gasteiger partial charge is 0.472 e. The number of aliphatic hydroxyl groups excluding tert-OH is 1. The Hall–Kier alpha value is -1.94. The van der Waals surface area contributed by atoms with E-state index in [1.165, 1.54) is 167 Å². The molecule has 0 aromatic carbocycles. The number of unbranched alkanes of at least 4 members (excludes halogenated alkanes) is 42. The Bertz CT molecular complexity index is 1650. The monoisotopic (exact) mass is 1270 g/mol. The lowest BCUT2D eigenvalue weighted by atomic mass is 10.0. The van der Waals surface area contributed by atoms with Gasteiger partial charge in [0.15, 0.2) is 12.2 Å². The summed E-state index contributed by atoms with van der Waals surface area (Å²) in [6.07, 6.45) is 49.1. The molecule has 0 aliphatic heterocycles. The second kappa shape index (κ2) is 61.9. The zero-order valence-electron chi connectivity index (χ0n) is 55.3. The molecule has 0 bridgehead atoms. The van der Waals surface area contributed by atoms with Crippen molar-refractivity contribution >= 4 is 39.5 Å². The second-order valence-electron chi connectivity index (χ2n) is 24.2. The van der Waals surface area contributed by atoms with Crippen molar-refractivity contribution in [2.24, 2.45) is 0 Å². The number of esters is 4. The Morgan fingerprint density at radius 3 is 0.686 bits per heavy atom. The molecule has 0 radical (unpaired) electrons. The number of phosphoric acid groups is 2. The quantitative estimate of drug-likeness (QED) is 0.0222. The molecule has 0 saturated heterocycles. The topological polar surface area (TPSA) is 237 Å². The van der Waals surface area contributed by atoms with E-state index in [1.54, 1.807) is 0 Å². The molecule has 0 aromatic rings. The molecule has 0 rings (SSSR count). The number of aliphatic hydroxyl groups is 1. The molecule has 17 nitrogen and oxygen atoms in total. The molecular weight excluding hydrogens is 1140 g/mol. The fourth-order valence-electron chi connectivity index (χ4n) is 10.2. The highest BCUT2D eigenvalue weighted by Crippen LogP contribution is 2.45. The number of hydrogen-bond donors (Lipinski definition) is 3. The van der Waals surface area contributed by atoms with Gasteiger partial charge in [0.2, 0.25) is 0 Å². The second-order valence-corrected chi connectivity index (χ2v) is 27.1. The van der Waals surface area contributed by atoms with Crippen LogP contribution in [0.4, 0.5) is 0 Å². The molecule has 0 aliphatic carbocycles. The van der Waals surface area contributed by atoms with Crippen molar-refractivity contribution in [3.05, 3.63) is 0 Å². The molecule has 0 amide bonds. The van der Waals surface area contributed by atoms with E-state index in [0.29, 0.717) is 25.7 Å². The Balaban J connectivity index is 5.13. The van der Waals surface area contributed by atoms with Crippen molar-refractivity contribution in [1.29, 1.82) is 0 Å². The van der Waals surface area contributed by atoms with Crippen LogP contribution in [0.25, 0.3) is 0 Å². The molecule has 0 fully saturated rings. The van der Waals surface area contributed by atoms with Crippen molar-refractivity contribution in [3.63, 3.8) is 0 Å². The number of carbonyl (C=O) groups excluding carboxylic acids is 4. The van der Waals surface area contributed by atoms with Crippen molar-refractivity contribution in [2.45, 2.75) is 367 Å². The number of rotatable bonds is 68. The molecule has 0 aliphatic rings. The van der Waals surface area contributed by atoms with E-state index in [-0.39, 0.29) is 25.7 Å². The van der Waals surface area contributed by atoms with E-state index in [0.717, 1.165) is 103 Å². The zero-order valence-corrected chi connectivity index (χ0v) is 57.1. The van der Waals surface area contributed by atoms with Crippen molar-refractivity contribution in [2.75, 3.05) is 39.6 Å². The first-order valence-electron chi connectivity index (χ1n) is 35.3. The Kier molecular flexibility index (Phi) is 60.5. The molecule has 86 heavy (non-hydrogen) atoms. The minimum atomic E-state index is -4.95. The van der Waals surface area contributed by atoms with Gasteiger partial charge in [0.05, 0.1) is 26.4 Å². The van der Waals surface area contributed by atoms with Crippen LogP contribution in [0.15, 0.2) is 0 Å². The molecule has 0 spiro atoms. The highest BCUT2D eigenvalue weighted by Gasteiger charge is 2.30. The van der Waals surface area contributed by atoms with Gasteiger partial charge in [-0.3, -0.25) is 37.3 Å². The first-order valence-corrected chi connectivity index (χ1v) is 38.3. The third-order valence-electron chi connectivity index (χ3n) is 15.6. The van der Waals surface area contributed by atoms with E-state index in [4.69, 9.17) is 37.0 Å². The summed E-state index contributed by atoms with van der Waals surface area (Å²) in [5.74, 6) is -2.14. The summed E-state index contributed by atoms with van der Waals surface area (Å²) in [7, 11) is -9.88. The summed E-state index contributed by atoms with van der Waals surface area (Å²) in [5, 5.41) is 10.5. The lowest BCUT2D eigenvalue weighted by Gasteiger charge is -2.21. The predicted octanol–water partition coefficient (Wildman–Crippen LogP) is 19.1. The van der Waals surface area contributed by atoms with Gasteiger partial charge < -0.3 is 33.8 Å². The first-order chi connectivity index (χ1) is 41.7. The van der Waals surface area contributed by atoms with Crippen molar-refractivity contribution in [3.8, 4) is 0 Å². The van der Waals surface area contributed by atoms with Gasteiger partial charge in [-0.1, -0.05) is 297 Å². The minimum Gasteiger partial charge on any atom is -0.462 e. The predicted molar refractivity (Wildman–Crippen MR) is 345 cm³/mol. The Morgan fingerprint density at radius 2 is 0.465 bits per heavy atom. The minimum absolute atomic E-state index is 0.104. The highest BCUT2D eigenvalue weighted by atomic mass is 31.2. The van der Waals surface area contributed by atoms with Gasteiger partial charge in [0.25, 0.3) is 0 Å². The fourth-order valence-corrected chi connectivity index (χ4v) is 11.7. The van der Waals surface area contributed by atoms with Crippen LogP contribution in [0, 0.1) is 0 Å². The first kappa shape index (κ1) is 84.1. The number of hydrogen-bond acceptors (Lipinski definition) is 15. The van der Waals surface area contributed by atoms with Crippen LogP contribution in [0.1, 0.15) is 349 Å².